The van der Waals surface area contributed by atoms with Crippen LogP contribution in [0.2, 0.25) is 0 Å². The van der Waals surface area contributed by atoms with Crippen molar-refractivity contribution in [2.75, 3.05) is 19.7 Å². The van der Waals surface area contributed by atoms with E-state index in [2.05, 4.69) is 0 Å². The summed E-state index contributed by atoms with van der Waals surface area (Å²) in [6.07, 6.45) is 1.29. The van der Waals surface area contributed by atoms with Crippen LogP contribution in [0.3, 0.4) is 0 Å². The van der Waals surface area contributed by atoms with Crippen LogP contribution in [0.5, 0.6) is 5.75 Å². The molecule has 1 amide bonds. The molecule has 2 aromatic rings. The molecule has 5 nitrogen and oxygen atoms in total. The molecule has 27 heavy (non-hydrogen) atoms. The molecule has 0 atom stereocenters. The van der Waals surface area contributed by atoms with Gasteiger partial charge in [-0.15, -0.1) is 0 Å². The van der Waals surface area contributed by atoms with E-state index in [1.807, 2.05) is 66.4 Å². The van der Waals surface area contributed by atoms with Crippen LogP contribution in [-0.2, 0) is 16.1 Å². The Hall–Kier alpha value is -2.82. The Kier molecular flexibility index (Phi) is 6.47. The molecule has 1 aliphatic heterocycles. The van der Waals surface area contributed by atoms with E-state index in [-0.39, 0.29) is 17.8 Å². The standard InChI is InChI=1S/C22H25NO4/c1-2-26-22(25)17-12-14-23(15-13-17)21(24)20-11-7-6-8-18(20)16-27-19-9-4-3-5-10-19/h3-11,17H,2,12-16H2,1H3. The molecule has 1 aliphatic rings. The minimum atomic E-state index is -0.152. The normalized spacial score (nSPS) is 14.6. The number of rotatable bonds is 6. The fraction of sp³-hybridized carbons (Fsp3) is 0.364. The zero-order chi connectivity index (χ0) is 19.1. The number of benzene rings is 2. The van der Waals surface area contributed by atoms with Crippen molar-refractivity contribution in [2.24, 2.45) is 5.92 Å². The second kappa shape index (κ2) is 9.21. The van der Waals surface area contributed by atoms with E-state index in [4.69, 9.17) is 9.47 Å². The highest BCUT2D eigenvalue weighted by molar-refractivity contribution is 5.95. The summed E-state index contributed by atoms with van der Waals surface area (Å²) < 4.78 is 10.9. The van der Waals surface area contributed by atoms with Crippen molar-refractivity contribution in [1.29, 1.82) is 0 Å². The highest BCUT2D eigenvalue weighted by Gasteiger charge is 2.29. The number of hydrogen-bond acceptors (Lipinski definition) is 4. The molecule has 0 saturated carbocycles. The van der Waals surface area contributed by atoms with Crippen molar-refractivity contribution in [3.05, 3.63) is 65.7 Å². The van der Waals surface area contributed by atoms with Crippen molar-refractivity contribution in [3.8, 4) is 5.75 Å². The predicted molar refractivity (Wildman–Crippen MR) is 102 cm³/mol. The molecule has 142 valence electrons. The van der Waals surface area contributed by atoms with E-state index >= 15 is 0 Å². The smallest absolute Gasteiger partial charge is 0.309 e. The summed E-state index contributed by atoms with van der Waals surface area (Å²) in [4.78, 5) is 26.7. The number of carbonyl (C=O) groups excluding carboxylic acids is 2. The molecule has 1 fully saturated rings. The zero-order valence-electron chi connectivity index (χ0n) is 15.6. The van der Waals surface area contributed by atoms with Gasteiger partial charge in [-0.25, -0.2) is 0 Å². The Balaban J connectivity index is 1.63. The Morgan fingerprint density at radius 3 is 2.37 bits per heavy atom. The minimum Gasteiger partial charge on any atom is -0.489 e. The summed E-state index contributed by atoms with van der Waals surface area (Å²) in [7, 11) is 0. The van der Waals surface area contributed by atoms with Gasteiger partial charge in [-0.05, 0) is 38.0 Å². The Morgan fingerprint density at radius 2 is 1.67 bits per heavy atom. The molecule has 0 unspecified atom stereocenters. The maximum Gasteiger partial charge on any atom is 0.309 e. The molecule has 0 radical (unpaired) electrons. The van der Waals surface area contributed by atoms with Gasteiger partial charge in [0.15, 0.2) is 0 Å². The fourth-order valence-electron chi connectivity index (χ4n) is 3.28. The van der Waals surface area contributed by atoms with E-state index < -0.39 is 0 Å². The zero-order valence-corrected chi connectivity index (χ0v) is 15.6. The third-order valence-electron chi connectivity index (χ3n) is 4.79. The van der Waals surface area contributed by atoms with Gasteiger partial charge in [0.05, 0.1) is 12.5 Å². The van der Waals surface area contributed by atoms with Crippen LogP contribution < -0.4 is 4.74 Å². The van der Waals surface area contributed by atoms with Gasteiger partial charge >= 0.3 is 5.97 Å². The molecular weight excluding hydrogens is 342 g/mol. The lowest BCUT2D eigenvalue weighted by Gasteiger charge is -2.31. The van der Waals surface area contributed by atoms with Crippen LogP contribution in [0.25, 0.3) is 0 Å². The molecule has 1 saturated heterocycles. The number of likely N-dealkylation sites (tertiary alicyclic amines) is 1. The number of nitrogens with zero attached hydrogens (tertiary/aromatic N) is 1. The first-order valence-corrected chi connectivity index (χ1v) is 9.40. The average Bonchev–Trinajstić information content (AvgIpc) is 2.73. The van der Waals surface area contributed by atoms with Gasteiger partial charge in [0, 0.05) is 24.2 Å². The number of amides is 1. The van der Waals surface area contributed by atoms with Gasteiger partial charge in [-0.2, -0.15) is 0 Å². The monoisotopic (exact) mass is 367 g/mol. The van der Waals surface area contributed by atoms with Crippen molar-refractivity contribution in [2.45, 2.75) is 26.4 Å². The quantitative estimate of drug-likeness (QED) is 0.731. The number of carbonyl (C=O) groups is 2. The summed E-state index contributed by atoms with van der Waals surface area (Å²) >= 11 is 0. The lowest BCUT2D eigenvalue weighted by Crippen LogP contribution is -2.41. The van der Waals surface area contributed by atoms with Crippen LogP contribution in [0, 0.1) is 5.92 Å². The van der Waals surface area contributed by atoms with Gasteiger partial charge in [-0.3, -0.25) is 9.59 Å². The maximum atomic E-state index is 13.0. The van der Waals surface area contributed by atoms with Gasteiger partial charge in [0.2, 0.25) is 0 Å². The van der Waals surface area contributed by atoms with Crippen LogP contribution in [-0.4, -0.2) is 36.5 Å². The number of piperidine rings is 1. The topological polar surface area (TPSA) is 55.8 Å². The predicted octanol–water partition coefficient (Wildman–Crippen LogP) is 3.68. The average molecular weight is 367 g/mol. The van der Waals surface area contributed by atoms with Crippen molar-refractivity contribution >= 4 is 11.9 Å². The molecule has 0 aromatic heterocycles. The van der Waals surface area contributed by atoms with Gasteiger partial charge in [0.1, 0.15) is 12.4 Å². The minimum absolute atomic E-state index is 0.00966. The van der Waals surface area contributed by atoms with Crippen molar-refractivity contribution < 1.29 is 19.1 Å². The number of hydrogen-bond donors (Lipinski definition) is 0. The van der Waals surface area contributed by atoms with Gasteiger partial charge < -0.3 is 14.4 Å². The number of esters is 1. The van der Waals surface area contributed by atoms with Crippen molar-refractivity contribution in [3.63, 3.8) is 0 Å². The van der Waals surface area contributed by atoms with E-state index in [1.54, 1.807) is 0 Å². The number of ether oxygens (including phenoxy) is 2. The first kappa shape index (κ1) is 19.0. The summed E-state index contributed by atoms with van der Waals surface area (Å²) in [5.41, 5.74) is 1.52. The summed E-state index contributed by atoms with van der Waals surface area (Å²) in [6, 6.07) is 17.1. The molecule has 1 heterocycles. The largest absolute Gasteiger partial charge is 0.489 e. The van der Waals surface area contributed by atoms with Crippen LogP contribution in [0.15, 0.2) is 54.6 Å². The van der Waals surface area contributed by atoms with Gasteiger partial charge in [0.25, 0.3) is 5.91 Å². The highest BCUT2D eigenvalue weighted by Crippen LogP contribution is 2.22. The van der Waals surface area contributed by atoms with E-state index in [9.17, 15) is 9.59 Å². The van der Waals surface area contributed by atoms with Crippen LogP contribution in [0.4, 0.5) is 0 Å². The van der Waals surface area contributed by atoms with Crippen LogP contribution in [0.1, 0.15) is 35.7 Å². The van der Waals surface area contributed by atoms with Gasteiger partial charge in [-0.1, -0.05) is 36.4 Å². The summed E-state index contributed by atoms with van der Waals surface area (Å²) in [5, 5.41) is 0. The SMILES string of the molecule is CCOC(=O)C1CCN(C(=O)c2ccccc2COc2ccccc2)CC1. The Morgan fingerprint density at radius 1 is 1.00 bits per heavy atom. The van der Waals surface area contributed by atoms with Crippen LogP contribution >= 0.6 is 0 Å². The highest BCUT2D eigenvalue weighted by atomic mass is 16.5. The molecule has 0 aliphatic carbocycles. The Labute approximate surface area is 159 Å². The lowest BCUT2D eigenvalue weighted by atomic mass is 9.96. The molecule has 3 rings (SSSR count). The molecule has 0 bridgehead atoms. The van der Waals surface area contributed by atoms with E-state index in [0.717, 1.165) is 11.3 Å². The molecular formula is C22H25NO4. The first-order chi connectivity index (χ1) is 13.2. The van der Waals surface area contributed by atoms with E-state index in [0.29, 0.717) is 44.7 Å². The molecule has 5 heteroatoms. The molecule has 0 spiro atoms. The second-order valence-electron chi connectivity index (χ2n) is 6.58. The lowest BCUT2D eigenvalue weighted by molar-refractivity contribution is -0.149. The third-order valence-corrected chi connectivity index (χ3v) is 4.79. The van der Waals surface area contributed by atoms with E-state index in [1.165, 1.54) is 0 Å². The summed E-state index contributed by atoms with van der Waals surface area (Å²) in [5.74, 6) is 0.506. The fourth-order valence-corrected chi connectivity index (χ4v) is 3.28. The Bertz CT molecular complexity index is 767. The number of para-hydroxylation sites is 1. The van der Waals surface area contributed by atoms with Crippen molar-refractivity contribution in [1.82, 2.24) is 4.90 Å². The second-order valence-corrected chi connectivity index (χ2v) is 6.58. The third kappa shape index (κ3) is 4.88. The molecule has 2 aromatic carbocycles. The summed E-state index contributed by atoms with van der Waals surface area (Å²) in [6.45, 7) is 3.68. The maximum absolute atomic E-state index is 13.0. The molecule has 0 N–H and O–H groups in total. The first-order valence-electron chi connectivity index (χ1n) is 9.40.